The molecule has 1 rings (SSSR count). The lowest BCUT2D eigenvalue weighted by atomic mass is 10.1. The molecule has 0 bridgehead atoms. The van der Waals surface area contributed by atoms with E-state index in [-0.39, 0.29) is 0 Å². The molecule has 0 radical (unpaired) electrons. The van der Waals surface area contributed by atoms with Crippen LogP contribution >= 0.6 is 27.5 Å². The van der Waals surface area contributed by atoms with Gasteiger partial charge in [0, 0.05) is 29.8 Å². The summed E-state index contributed by atoms with van der Waals surface area (Å²) in [6.07, 6.45) is 3.89. The van der Waals surface area contributed by atoms with Crippen LogP contribution in [0, 0.1) is 0 Å². The Labute approximate surface area is 116 Å². The standard InChI is InChI=1S/C12H19BrClN3/c1-3-10(4-2)17(6-5-15)12-11(14)7-9(13)8-16-12/h7-8,10H,3-6,15H2,1-2H3. The van der Waals surface area contributed by atoms with Crippen LogP contribution < -0.4 is 10.6 Å². The largest absolute Gasteiger partial charge is 0.351 e. The summed E-state index contributed by atoms with van der Waals surface area (Å²) < 4.78 is 0.892. The van der Waals surface area contributed by atoms with Gasteiger partial charge in [-0.25, -0.2) is 4.98 Å². The van der Waals surface area contributed by atoms with E-state index in [9.17, 15) is 0 Å². The number of pyridine rings is 1. The number of hydrogen-bond donors (Lipinski definition) is 1. The van der Waals surface area contributed by atoms with Gasteiger partial charge in [-0.3, -0.25) is 0 Å². The fourth-order valence-corrected chi connectivity index (χ4v) is 2.69. The van der Waals surface area contributed by atoms with Crippen LogP contribution in [0.5, 0.6) is 0 Å². The normalized spacial score (nSPS) is 10.9. The minimum Gasteiger partial charge on any atom is -0.351 e. The monoisotopic (exact) mass is 319 g/mol. The van der Waals surface area contributed by atoms with Crippen molar-refractivity contribution in [3.63, 3.8) is 0 Å². The van der Waals surface area contributed by atoms with Crippen LogP contribution in [-0.2, 0) is 0 Å². The first kappa shape index (κ1) is 14.7. The highest BCUT2D eigenvalue weighted by molar-refractivity contribution is 9.10. The minimum absolute atomic E-state index is 0.435. The van der Waals surface area contributed by atoms with Gasteiger partial charge in [0.05, 0.1) is 5.02 Å². The first-order valence-corrected chi connectivity index (χ1v) is 7.08. The van der Waals surface area contributed by atoms with E-state index in [1.54, 1.807) is 6.20 Å². The summed E-state index contributed by atoms with van der Waals surface area (Å²) in [6.45, 7) is 5.72. The van der Waals surface area contributed by atoms with Gasteiger partial charge in [0.1, 0.15) is 5.82 Å². The zero-order chi connectivity index (χ0) is 12.8. The van der Waals surface area contributed by atoms with E-state index in [0.29, 0.717) is 17.6 Å². The maximum Gasteiger partial charge on any atom is 0.147 e. The Bertz CT molecular complexity index is 356. The Balaban J connectivity index is 3.03. The highest BCUT2D eigenvalue weighted by Crippen LogP contribution is 2.28. The van der Waals surface area contributed by atoms with Crippen LogP contribution in [0.25, 0.3) is 0 Å². The van der Waals surface area contributed by atoms with Crippen LogP contribution in [-0.4, -0.2) is 24.1 Å². The Morgan fingerprint density at radius 2 is 2.12 bits per heavy atom. The van der Waals surface area contributed by atoms with Crippen LogP contribution in [0.2, 0.25) is 5.02 Å². The molecule has 2 N–H and O–H groups in total. The first-order valence-electron chi connectivity index (χ1n) is 5.91. The molecule has 5 heteroatoms. The topological polar surface area (TPSA) is 42.1 Å². The second-order valence-electron chi connectivity index (χ2n) is 3.91. The Morgan fingerprint density at radius 3 is 2.59 bits per heavy atom. The van der Waals surface area contributed by atoms with Gasteiger partial charge in [0.15, 0.2) is 0 Å². The highest BCUT2D eigenvalue weighted by atomic mass is 79.9. The molecule has 3 nitrogen and oxygen atoms in total. The van der Waals surface area contributed by atoms with Gasteiger partial charge in [-0.15, -0.1) is 0 Å². The van der Waals surface area contributed by atoms with E-state index in [2.05, 4.69) is 39.7 Å². The summed E-state index contributed by atoms with van der Waals surface area (Å²) in [6, 6.07) is 2.31. The lowest BCUT2D eigenvalue weighted by Crippen LogP contribution is -2.39. The number of halogens is 2. The van der Waals surface area contributed by atoms with Gasteiger partial charge < -0.3 is 10.6 Å². The molecule has 0 saturated carbocycles. The SMILES string of the molecule is CCC(CC)N(CCN)c1ncc(Br)cc1Cl. The summed E-state index contributed by atoms with van der Waals surface area (Å²) in [4.78, 5) is 6.61. The van der Waals surface area contributed by atoms with E-state index in [0.717, 1.165) is 29.7 Å². The van der Waals surface area contributed by atoms with Crippen LogP contribution in [0.3, 0.4) is 0 Å². The second kappa shape index (κ2) is 7.19. The van der Waals surface area contributed by atoms with Crippen molar-refractivity contribution < 1.29 is 0 Å². The fourth-order valence-electron chi connectivity index (χ4n) is 1.95. The lowest BCUT2D eigenvalue weighted by molar-refractivity contribution is 0.554. The molecular formula is C12H19BrClN3. The third kappa shape index (κ3) is 3.83. The van der Waals surface area contributed by atoms with Crippen molar-refractivity contribution in [1.82, 2.24) is 4.98 Å². The molecule has 0 amide bonds. The van der Waals surface area contributed by atoms with E-state index >= 15 is 0 Å². The maximum atomic E-state index is 6.24. The molecule has 1 heterocycles. The van der Waals surface area contributed by atoms with Crippen LogP contribution in [0.1, 0.15) is 26.7 Å². The molecule has 0 aliphatic rings. The van der Waals surface area contributed by atoms with Gasteiger partial charge in [0.2, 0.25) is 0 Å². The van der Waals surface area contributed by atoms with E-state index in [4.69, 9.17) is 17.3 Å². The molecule has 0 spiro atoms. The van der Waals surface area contributed by atoms with Gasteiger partial charge in [-0.2, -0.15) is 0 Å². The number of hydrogen-bond acceptors (Lipinski definition) is 3. The number of rotatable bonds is 6. The van der Waals surface area contributed by atoms with E-state index in [1.165, 1.54) is 0 Å². The number of nitrogens with two attached hydrogens (primary N) is 1. The fraction of sp³-hybridized carbons (Fsp3) is 0.583. The van der Waals surface area contributed by atoms with E-state index < -0.39 is 0 Å². The zero-order valence-corrected chi connectivity index (χ0v) is 12.6. The van der Waals surface area contributed by atoms with Gasteiger partial charge in [-0.1, -0.05) is 25.4 Å². The van der Waals surface area contributed by atoms with Crippen molar-refractivity contribution in [3.05, 3.63) is 21.8 Å². The molecule has 0 fully saturated rings. The summed E-state index contributed by atoms with van der Waals surface area (Å²) in [5.41, 5.74) is 5.67. The van der Waals surface area contributed by atoms with Crippen molar-refractivity contribution in [3.8, 4) is 0 Å². The third-order valence-electron chi connectivity index (χ3n) is 2.81. The third-order valence-corrected chi connectivity index (χ3v) is 3.53. The zero-order valence-electron chi connectivity index (χ0n) is 10.3. The van der Waals surface area contributed by atoms with Gasteiger partial charge in [0.25, 0.3) is 0 Å². The van der Waals surface area contributed by atoms with E-state index in [1.807, 2.05) is 6.07 Å². The molecule has 17 heavy (non-hydrogen) atoms. The molecule has 0 aliphatic carbocycles. The Morgan fingerprint density at radius 1 is 1.47 bits per heavy atom. The molecule has 1 aromatic heterocycles. The Hall–Kier alpha value is -0.320. The average molecular weight is 321 g/mol. The number of aromatic nitrogens is 1. The summed E-state index contributed by atoms with van der Waals surface area (Å²) in [5.74, 6) is 0.828. The smallest absolute Gasteiger partial charge is 0.147 e. The quantitative estimate of drug-likeness (QED) is 0.873. The summed E-state index contributed by atoms with van der Waals surface area (Å²) in [5, 5.41) is 0.666. The van der Waals surface area contributed by atoms with Crippen molar-refractivity contribution in [2.75, 3.05) is 18.0 Å². The van der Waals surface area contributed by atoms with Crippen molar-refractivity contribution in [2.24, 2.45) is 5.73 Å². The van der Waals surface area contributed by atoms with Gasteiger partial charge >= 0.3 is 0 Å². The first-order chi connectivity index (χ1) is 8.13. The molecule has 0 aliphatic heterocycles. The Kier molecular flexibility index (Phi) is 6.23. The number of anilines is 1. The summed E-state index contributed by atoms with van der Waals surface area (Å²) in [7, 11) is 0. The molecule has 0 saturated heterocycles. The number of nitrogens with zero attached hydrogens (tertiary/aromatic N) is 2. The minimum atomic E-state index is 0.435. The molecule has 0 aromatic carbocycles. The summed E-state index contributed by atoms with van der Waals surface area (Å²) >= 11 is 9.61. The van der Waals surface area contributed by atoms with Crippen LogP contribution in [0.15, 0.2) is 16.7 Å². The van der Waals surface area contributed by atoms with Gasteiger partial charge in [-0.05, 0) is 34.8 Å². The predicted octanol–water partition coefficient (Wildman–Crippen LogP) is 3.45. The molecule has 0 atom stereocenters. The maximum absolute atomic E-state index is 6.24. The van der Waals surface area contributed by atoms with Crippen molar-refractivity contribution >= 4 is 33.3 Å². The average Bonchev–Trinajstić information content (AvgIpc) is 2.30. The van der Waals surface area contributed by atoms with Crippen LogP contribution in [0.4, 0.5) is 5.82 Å². The molecular weight excluding hydrogens is 302 g/mol. The predicted molar refractivity (Wildman–Crippen MR) is 77.7 cm³/mol. The lowest BCUT2D eigenvalue weighted by Gasteiger charge is -2.31. The molecule has 0 unspecified atom stereocenters. The molecule has 96 valence electrons. The van der Waals surface area contributed by atoms with Crippen molar-refractivity contribution in [1.29, 1.82) is 0 Å². The molecule has 1 aromatic rings. The van der Waals surface area contributed by atoms with Crippen molar-refractivity contribution in [2.45, 2.75) is 32.7 Å². The second-order valence-corrected chi connectivity index (χ2v) is 5.23. The highest BCUT2D eigenvalue weighted by Gasteiger charge is 2.18.